The summed E-state index contributed by atoms with van der Waals surface area (Å²) in [4.78, 5) is 2.52. The summed E-state index contributed by atoms with van der Waals surface area (Å²) in [5, 5.41) is 0. The highest BCUT2D eigenvalue weighted by atomic mass is 19.4. The Morgan fingerprint density at radius 2 is 1.64 bits per heavy atom. The number of piperidine rings is 1. The van der Waals surface area contributed by atoms with Crippen LogP contribution in [0.25, 0.3) is 5.73 Å². The number of ether oxygens (including phenoxy) is 1. The van der Waals surface area contributed by atoms with Crippen LogP contribution in [0.15, 0.2) is 24.3 Å². The summed E-state index contributed by atoms with van der Waals surface area (Å²) in [5.74, 6) is 0.626. The summed E-state index contributed by atoms with van der Waals surface area (Å²) >= 11 is 0. The van der Waals surface area contributed by atoms with Crippen LogP contribution in [-0.2, 0) is 0 Å². The molecule has 140 valence electrons. The van der Waals surface area contributed by atoms with Gasteiger partial charge in [0.15, 0.2) is 6.61 Å². The minimum atomic E-state index is -4.31. The molecule has 0 radical (unpaired) electrons. The van der Waals surface area contributed by atoms with Crippen LogP contribution in [0, 0.1) is 0 Å². The molecule has 1 aliphatic heterocycles. The van der Waals surface area contributed by atoms with Gasteiger partial charge in [-0.25, -0.2) is 0 Å². The summed E-state index contributed by atoms with van der Waals surface area (Å²) in [6.07, 6.45) is 1.76. The van der Waals surface area contributed by atoms with Gasteiger partial charge in [-0.2, -0.15) is 13.2 Å². The zero-order chi connectivity index (χ0) is 17.9. The SMILES string of the molecule is [NH-]C1CCC(N2CCC(c3ccccc3OCC(F)(F)F)CC2)CC1. The standard InChI is InChI=1S/C19H26F3N2O/c20-19(21,22)13-25-18-4-2-1-3-17(18)14-9-11-24(12-10-14)16-7-5-15(23)6-8-16/h1-4,14-16,23H,5-13H2/q-1. The third-order valence-electron chi connectivity index (χ3n) is 5.49. The van der Waals surface area contributed by atoms with Gasteiger partial charge in [0.25, 0.3) is 0 Å². The third kappa shape index (κ3) is 5.11. The van der Waals surface area contributed by atoms with Crippen molar-refractivity contribution in [3.8, 4) is 5.75 Å². The second kappa shape index (κ2) is 7.96. The van der Waals surface area contributed by atoms with Gasteiger partial charge in [-0.3, -0.25) is 0 Å². The van der Waals surface area contributed by atoms with E-state index in [1.165, 1.54) is 0 Å². The van der Waals surface area contributed by atoms with Gasteiger partial charge in [0, 0.05) is 6.04 Å². The van der Waals surface area contributed by atoms with Crippen LogP contribution >= 0.6 is 0 Å². The lowest BCUT2D eigenvalue weighted by Crippen LogP contribution is -2.43. The molecule has 0 unspecified atom stereocenters. The molecule has 0 spiro atoms. The van der Waals surface area contributed by atoms with Crippen molar-refractivity contribution >= 4 is 0 Å². The first-order chi connectivity index (χ1) is 11.9. The minimum Gasteiger partial charge on any atom is -0.675 e. The lowest BCUT2D eigenvalue weighted by molar-refractivity contribution is -0.153. The first-order valence-electron chi connectivity index (χ1n) is 9.16. The smallest absolute Gasteiger partial charge is 0.422 e. The quantitative estimate of drug-likeness (QED) is 0.747. The fourth-order valence-electron chi connectivity index (χ4n) is 4.13. The summed E-state index contributed by atoms with van der Waals surface area (Å²) in [5.41, 5.74) is 8.72. The second-order valence-corrected chi connectivity index (χ2v) is 7.26. The Morgan fingerprint density at radius 3 is 2.28 bits per heavy atom. The second-order valence-electron chi connectivity index (χ2n) is 7.26. The van der Waals surface area contributed by atoms with E-state index in [1.54, 1.807) is 12.1 Å². The van der Waals surface area contributed by atoms with Crippen LogP contribution in [0.5, 0.6) is 5.75 Å². The largest absolute Gasteiger partial charge is 0.675 e. The van der Waals surface area contributed by atoms with Crippen molar-refractivity contribution in [2.24, 2.45) is 0 Å². The molecule has 6 heteroatoms. The molecule has 1 aliphatic carbocycles. The highest BCUT2D eigenvalue weighted by Gasteiger charge is 2.31. The maximum atomic E-state index is 12.5. The van der Waals surface area contributed by atoms with Crippen LogP contribution in [0.2, 0.25) is 0 Å². The molecule has 25 heavy (non-hydrogen) atoms. The Hall–Kier alpha value is -1.27. The number of alkyl halides is 3. The molecule has 0 bridgehead atoms. The molecule has 3 rings (SSSR count). The average molecular weight is 355 g/mol. The summed E-state index contributed by atoms with van der Waals surface area (Å²) in [6, 6.07) is 7.83. The van der Waals surface area contributed by atoms with Crippen molar-refractivity contribution in [2.45, 2.75) is 62.7 Å². The first-order valence-corrected chi connectivity index (χ1v) is 9.16. The van der Waals surface area contributed by atoms with Crippen molar-refractivity contribution in [3.63, 3.8) is 0 Å². The van der Waals surface area contributed by atoms with Crippen molar-refractivity contribution in [3.05, 3.63) is 35.6 Å². The van der Waals surface area contributed by atoms with Crippen molar-refractivity contribution < 1.29 is 17.9 Å². The van der Waals surface area contributed by atoms with Crippen LogP contribution in [-0.4, -0.2) is 42.9 Å². The minimum absolute atomic E-state index is 0.103. The maximum Gasteiger partial charge on any atom is 0.422 e. The van der Waals surface area contributed by atoms with Crippen LogP contribution in [0.1, 0.15) is 50.0 Å². The Bertz CT molecular complexity index is 548. The van der Waals surface area contributed by atoms with Crippen LogP contribution in [0.4, 0.5) is 13.2 Å². The molecular formula is C19H26F3N2O-. The lowest BCUT2D eigenvalue weighted by Gasteiger charge is -2.42. The molecule has 1 saturated heterocycles. The number of para-hydroxylation sites is 1. The number of rotatable bonds is 4. The van der Waals surface area contributed by atoms with Gasteiger partial charge in [-0.05, 0) is 56.3 Å². The van der Waals surface area contributed by atoms with Crippen molar-refractivity contribution in [1.82, 2.24) is 4.90 Å². The molecule has 2 fully saturated rings. The average Bonchev–Trinajstić information content (AvgIpc) is 2.60. The molecule has 1 heterocycles. The van der Waals surface area contributed by atoms with E-state index < -0.39 is 12.8 Å². The summed E-state index contributed by atoms with van der Waals surface area (Å²) in [7, 11) is 0. The molecule has 0 atom stereocenters. The van der Waals surface area contributed by atoms with E-state index in [-0.39, 0.29) is 12.0 Å². The van der Waals surface area contributed by atoms with E-state index in [2.05, 4.69) is 4.90 Å². The highest BCUT2D eigenvalue weighted by Crippen LogP contribution is 2.36. The molecule has 0 amide bonds. The number of benzene rings is 1. The fourth-order valence-corrected chi connectivity index (χ4v) is 4.13. The van der Waals surface area contributed by atoms with Gasteiger partial charge in [0.2, 0.25) is 0 Å². The predicted octanol–water partition coefficient (Wildman–Crippen LogP) is 5.17. The van der Waals surface area contributed by atoms with Gasteiger partial charge in [0.1, 0.15) is 5.75 Å². The van der Waals surface area contributed by atoms with E-state index in [0.717, 1.165) is 57.2 Å². The Morgan fingerprint density at radius 1 is 1.00 bits per heavy atom. The Labute approximate surface area is 147 Å². The number of hydrogen-bond acceptors (Lipinski definition) is 2. The first kappa shape index (κ1) is 18.5. The van der Waals surface area contributed by atoms with Crippen molar-refractivity contribution in [1.29, 1.82) is 0 Å². The zero-order valence-corrected chi connectivity index (χ0v) is 14.4. The van der Waals surface area contributed by atoms with Gasteiger partial charge in [-0.15, -0.1) is 6.04 Å². The van der Waals surface area contributed by atoms with Gasteiger partial charge in [-0.1, -0.05) is 31.0 Å². The molecule has 2 aliphatic rings. The van der Waals surface area contributed by atoms with E-state index in [9.17, 15) is 13.2 Å². The van der Waals surface area contributed by atoms with Crippen molar-refractivity contribution in [2.75, 3.05) is 19.7 Å². The van der Waals surface area contributed by atoms with Gasteiger partial charge >= 0.3 is 6.18 Å². The lowest BCUT2D eigenvalue weighted by atomic mass is 9.85. The number of likely N-dealkylation sites (tertiary alicyclic amines) is 1. The van der Waals surface area contributed by atoms with Gasteiger partial charge < -0.3 is 15.4 Å². The van der Waals surface area contributed by atoms with Crippen LogP contribution < -0.4 is 4.74 Å². The van der Waals surface area contributed by atoms with E-state index in [0.29, 0.717) is 11.8 Å². The topological polar surface area (TPSA) is 36.3 Å². The fraction of sp³-hybridized carbons (Fsp3) is 0.684. The highest BCUT2D eigenvalue weighted by molar-refractivity contribution is 5.36. The maximum absolute atomic E-state index is 12.5. The molecule has 3 nitrogen and oxygen atoms in total. The Kier molecular flexibility index (Phi) is 5.89. The molecule has 1 aromatic rings. The molecular weight excluding hydrogens is 329 g/mol. The monoisotopic (exact) mass is 355 g/mol. The summed E-state index contributed by atoms with van der Waals surface area (Å²) in [6.45, 7) is 0.719. The zero-order valence-electron chi connectivity index (χ0n) is 14.4. The predicted molar refractivity (Wildman–Crippen MR) is 91.9 cm³/mol. The van der Waals surface area contributed by atoms with E-state index >= 15 is 0 Å². The van der Waals surface area contributed by atoms with Crippen LogP contribution in [0.3, 0.4) is 0 Å². The molecule has 0 aromatic heterocycles. The van der Waals surface area contributed by atoms with E-state index in [4.69, 9.17) is 10.5 Å². The Balaban J connectivity index is 1.57. The molecule has 1 aromatic carbocycles. The number of halogens is 3. The normalized spacial score (nSPS) is 26.6. The third-order valence-corrected chi connectivity index (χ3v) is 5.49. The number of hydrogen-bond donors (Lipinski definition) is 0. The number of nitrogens with one attached hydrogen (secondary N) is 1. The number of nitrogens with zero attached hydrogens (tertiary/aromatic N) is 1. The summed E-state index contributed by atoms with van der Waals surface area (Å²) < 4.78 is 42.4. The van der Waals surface area contributed by atoms with E-state index in [1.807, 2.05) is 12.1 Å². The molecule has 1 N–H and O–H groups in total. The van der Waals surface area contributed by atoms with Gasteiger partial charge in [0.05, 0.1) is 0 Å². The molecule has 1 saturated carbocycles.